The van der Waals surface area contributed by atoms with Gasteiger partial charge < -0.3 is 9.13 Å². The molecular formula is C13H37BN2Si3. The monoisotopic (exact) mass is 316 g/mol. The first-order valence-electron chi connectivity index (χ1n) is 7.58. The summed E-state index contributed by atoms with van der Waals surface area (Å²) in [5, 5.41) is 0. The Labute approximate surface area is 126 Å². The third-order valence-corrected chi connectivity index (χ3v) is 20.0. The average Bonchev–Trinajstić information content (AvgIpc) is 2.12. The number of hydrogen-bond acceptors (Lipinski definition) is 2. The van der Waals surface area contributed by atoms with E-state index in [2.05, 4.69) is 83.2 Å². The van der Waals surface area contributed by atoms with Crippen LogP contribution in [-0.2, 0) is 0 Å². The maximum atomic E-state index is 2.57. The maximum absolute atomic E-state index is 2.57. The van der Waals surface area contributed by atoms with Crippen molar-refractivity contribution in [3.63, 3.8) is 0 Å². The molecule has 0 radical (unpaired) electrons. The van der Waals surface area contributed by atoms with Gasteiger partial charge in [-0.15, -0.1) is 0 Å². The van der Waals surface area contributed by atoms with Crippen LogP contribution in [0.25, 0.3) is 0 Å². The van der Waals surface area contributed by atoms with Crippen LogP contribution in [0.2, 0.25) is 58.2 Å². The molecule has 114 valence electrons. The van der Waals surface area contributed by atoms with Crippen molar-refractivity contribution in [2.24, 2.45) is 0 Å². The lowest BCUT2D eigenvalue weighted by Gasteiger charge is -2.43. The van der Waals surface area contributed by atoms with Crippen LogP contribution in [0.1, 0.15) is 0 Å². The topological polar surface area (TPSA) is 6.48 Å². The SMILES string of the molecule is CN(C)[Si](C)(CCB([Si](C)(C)C)[Si](C)(C)C)N(C)C. The zero-order chi connectivity index (χ0) is 15.6. The molecule has 0 saturated heterocycles. The third-order valence-electron chi connectivity index (χ3n) is 4.92. The Kier molecular flexibility index (Phi) is 6.82. The molecule has 0 aliphatic carbocycles. The standard InChI is InChI=1S/C13H37BN2Si3/c1-15(2)19(11,16(3)4)13-12-14(17(5,6)7)18(8,9)10/h12-13H2,1-11H3. The second-order valence-corrected chi connectivity index (χ2v) is 25.0. The van der Waals surface area contributed by atoms with Crippen molar-refractivity contribution in [3.05, 3.63) is 0 Å². The van der Waals surface area contributed by atoms with E-state index in [1.165, 1.54) is 12.4 Å². The molecule has 0 aliphatic rings. The highest BCUT2D eigenvalue weighted by Gasteiger charge is 2.43. The number of rotatable bonds is 7. The molecule has 0 heterocycles. The molecule has 19 heavy (non-hydrogen) atoms. The zero-order valence-electron chi connectivity index (χ0n) is 15.4. The maximum Gasteiger partial charge on any atom is 0.202 e. The molecule has 0 aromatic rings. The van der Waals surface area contributed by atoms with E-state index in [9.17, 15) is 0 Å². The summed E-state index contributed by atoms with van der Waals surface area (Å²) in [5.74, 6) is 1.03. The Balaban J connectivity index is 5.01. The van der Waals surface area contributed by atoms with Gasteiger partial charge in [-0.25, -0.2) is 0 Å². The van der Waals surface area contributed by atoms with Crippen molar-refractivity contribution in [2.75, 3.05) is 28.2 Å². The van der Waals surface area contributed by atoms with Crippen LogP contribution < -0.4 is 0 Å². The Bertz CT molecular complexity index is 261. The summed E-state index contributed by atoms with van der Waals surface area (Å²) >= 11 is 0. The lowest BCUT2D eigenvalue weighted by atomic mass is 10.0. The molecule has 0 rings (SSSR count). The van der Waals surface area contributed by atoms with Crippen LogP contribution in [0.15, 0.2) is 0 Å². The van der Waals surface area contributed by atoms with Crippen LogP contribution in [-0.4, -0.2) is 67.5 Å². The van der Waals surface area contributed by atoms with Gasteiger partial charge in [0.2, 0.25) is 8.40 Å². The minimum atomic E-state index is -1.41. The van der Waals surface area contributed by atoms with Gasteiger partial charge in [0.05, 0.1) is 0 Å². The first-order valence-corrected chi connectivity index (χ1v) is 17.3. The van der Waals surface area contributed by atoms with Crippen LogP contribution in [0.3, 0.4) is 0 Å². The molecule has 0 atom stereocenters. The van der Waals surface area contributed by atoms with Gasteiger partial charge in [-0.1, -0.05) is 45.6 Å². The predicted molar refractivity (Wildman–Crippen MR) is 101 cm³/mol. The fraction of sp³-hybridized carbons (Fsp3) is 1.00. The van der Waals surface area contributed by atoms with Gasteiger partial charge in [-0.05, 0) is 40.8 Å². The third kappa shape index (κ3) is 5.49. The summed E-state index contributed by atoms with van der Waals surface area (Å²) in [6.45, 7) is 17.9. The summed E-state index contributed by atoms with van der Waals surface area (Å²) in [6.07, 6.45) is 1.45. The van der Waals surface area contributed by atoms with Crippen molar-refractivity contribution >= 4 is 30.2 Å². The predicted octanol–water partition coefficient (Wildman–Crippen LogP) is 3.51. The Morgan fingerprint density at radius 1 is 0.684 bits per heavy atom. The first kappa shape index (κ1) is 19.6. The number of nitrogens with zero attached hydrogens (tertiary/aromatic N) is 2. The summed E-state index contributed by atoms with van der Waals surface area (Å²) in [7, 11) is 5.57. The lowest BCUT2D eigenvalue weighted by Crippen LogP contribution is -2.62. The molecule has 0 unspecified atom stereocenters. The van der Waals surface area contributed by atoms with Crippen molar-refractivity contribution in [2.45, 2.75) is 58.2 Å². The van der Waals surface area contributed by atoms with Crippen LogP contribution in [0.4, 0.5) is 0 Å². The summed E-state index contributed by atoms with van der Waals surface area (Å²) in [5.41, 5.74) is 0. The number of hydrogen-bond donors (Lipinski definition) is 0. The van der Waals surface area contributed by atoms with Gasteiger partial charge >= 0.3 is 0 Å². The molecule has 0 amide bonds. The Morgan fingerprint density at radius 2 is 1.00 bits per heavy atom. The quantitative estimate of drug-likeness (QED) is 0.663. The van der Waals surface area contributed by atoms with E-state index >= 15 is 0 Å². The molecular weight excluding hydrogens is 279 g/mol. The van der Waals surface area contributed by atoms with Crippen LogP contribution in [0, 0.1) is 0 Å². The largest absolute Gasteiger partial charge is 0.317 e. The molecule has 6 heteroatoms. The van der Waals surface area contributed by atoms with Crippen molar-refractivity contribution < 1.29 is 0 Å². The van der Waals surface area contributed by atoms with E-state index in [-0.39, 0.29) is 0 Å². The van der Waals surface area contributed by atoms with Crippen LogP contribution in [0.5, 0.6) is 0 Å². The minimum absolute atomic E-state index is 1.03. The van der Waals surface area contributed by atoms with Gasteiger partial charge in [0.1, 0.15) is 5.90 Å². The smallest absolute Gasteiger partial charge is 0.202 e. The van der Waals surface area contributed by atoms with E-state index in [0.717, 1.165) is 5.90 Å². The van der Waals surface area contributed by atoms with E-state index < -0.39 is 24.3 Å². The average molecular weight is 317 g/mol. The summed E-state index contributed by atoms with van der Waals surface area (Å²) in [4.78, 5) is 0. The molecule has 0 fully saturated rings. The highest BCUT2D eigenvalue weighted by Crippen LogP contribution is 2.27. The van der Waals surface area contributed by atoms with Crippen molar-refractivity contribution in [1.82, 2.24) is 9.13 Å². The molecule has 0 bridgehead atoms. The Morgan fingerprint density at radius 3 is 1.21 bits per heavy atom. The van der Waals surface area contributed by atoms with Gasteiger partial charge in [-0.2, -0.15) is 0 Å². The lowest BCUT2D eigenvalue weighted by molar-refractivity contribution is 0.486. The van der Waals surface area contributed by atoms with Crippen molar-refractivity contribution in [1.29, 1.82) is 0 Å². The van der Waals surface area contributed by atoms with E-state index in [1.807, 2.05) is 0 Å². The second kappa shape index (κ2) is 6.60. The van der Waals surface area contributed by atoms with E-state index in [0.29, 0.717) is 0 Å². The molecule has 0 spiro atoms. The second-order valence-electron chi connectivity index (χ2n) is 8.83. The van der Waals surface area contributed by atoms with Crippen LogP contribution >= 0.6 is 0 Å². The first-order chi connectivity index (χ1) is 8.23. The van der Waals surface area contributed by atoms with Gasteiger partial charge in [0.25, 0.3) is 0 Å². The molecule has 0 saturated carbocycles. The normalized spacial score (nSPS) is 14.4. The molecule has 0 N–H and O–H groups in total. The molecule has 0 aromatic carbocycles. The highest BCUT2D eigenvalue weighted by molar-refractivity contribution is 7.60. The van der Waals surface area contributed by atoms with Gasteiger partial charge in [-0.3, -0.25) is 0 Å². The molecule has 0 aromatic heterocycles. The van der Waals surface area contributed by atoms with Crippen molar-refractivity contribution in [3.8, 4) is 0 Å². The van der Waals surface area contributed by atoms with E-state index in [4.69, 9.17) is 0 Å². The summed E-state index contributed by atoms with van der Waals surface area (Å²) in [6, 6.07) is 1.41. The molecule has 0 aliphatic heterocycles. The minimum Gasteiger partial charge on any atom is -0.317 e. The highest BCUT2D eigenvalue weighted by atomic mass is 28.4. The Hall–Kier alpha value is 0.636. The molecule has 2 nitrogen and oxygen atoms in total. The fourth-order valence-corrected chi connectivity index (χ4v) is 19.0. The summed E-state index contributed by atoms with van der Waals surface area (Å²) < 4.78 is 5.02. The van der Waals surface area contributed by atoms with Gasteiger partial charge in [0.15, 0.2) is 0 Å². The van der Waals surface area contributed by atoms with E-state index in [1.54, 1.807) is 0 Å². The zero-order valence-corrected chi connectivity index (χ0v) is 18.4. The van der Waals surface area contributed by atoms with Gasteiger partial charge in [0, 0.05) is 15.9 Å². The fourth-order valence-electron chi connectivity index (χ4n) is 3.43.